The third kappa shape index (κ3) is 2.09. The molecule has 2 heteroatoms. The van der Waals surface area contributed by atoms with Gasteiger partial charge in [-0.3, -0.25) is 4.79 Å². The first kappa shape index (κ1) is 12.5. The Morgan fingerprint density at radius 2 is 2.11 bits per heavy atom. The molecule has 19 heavy (non-hydrogen) atoms. The van der Waals surface area contributed by atoms with E-state index in [2.05, 4.69) is 38.1 Å². The number of esters is 1. The molecule has 0 saturated heterocycles. The molecule has 0 aromatic heterocycles. The van der Waals surface area contributed by atoms with Crippen molar-refractivity contribution >= 4 is 11.5 Å². The topological polar surface area (TPSA) is 26.3 Å². The lowest BCUT2D eigenvalue weighted by molar-refractivity contribution is -0.137. The molecule has 2 aliphatic rings. The van der Waals surface area contributed by atoms with Gasteiger partial charge in [-0.2, -0.15) is 0 Å². The molecule has 3 rings (SSSR count). The minimum Gasteiger partial charge on any atom is -0.431 e. The van der Waals surface area contributed by atoms with E-state index in [1.165, 1.54) is 24.5 Å². The lowest BCUT2D eigenvalue weighted by Gasteiger charge is -2.21. The fourth-order valence-corrected chi connectivity index (χ4v) is 3.31. The predicted octanol–water partition coefficient (Wildman–Crippen LogP) is 3.95. The first-order valence-corrected chi connectivity index (χ1v) is 6.99. The summed E-state index contributed by atoms with van der Waals surface area (Å²) in [6, 6.07) is 8.48. The summed E-state index contributed by atoms with van der Waals surface area (Å²) in [5.41, 5.74) is 4.07. The normalized spacial score (nSPS) is 32.7. The maximum Gasteiger partial charge on any atom is 0.307 e. The summed E-state index contributed by atoms with van der Waals surface area (Å²) in [6.07, 6.45) is 3.43. The van der Waals surface area contributed by atoms with E-state index in [0.29, 0.717) is 11.3 Å². The van der Waals surface area contributed by atoms with Crippen LogP contribution in [0.3, 0.4) is 0 Å². The standard InChI is InChI=1S/C17H20O2/c1-11-14-7-5-4-6-13(14)8-9-17(3)10-15(17)16(11)19-12(2)18/h4-7,15H,8-10H2,1-3H3/b16-11+. The first-order valence-electron chi connectivity index (χ1n) is 6.99. The second-order valence-electron chi connectivity index (χ2n) is 6.15. The number of allylic oxidation sites excluding steroid dienone is 2. The highest BCUT2D eigenvalue weighted by atomic mass is 16.5. The van der Waals surface area contributed by atoms with Crippen LogP contribution in [0.1, 0.15) is 44.7 Å². The van der Waals surface area contributed by atoms with Gasteiger partial charge in [0.25, 0.3) is 0 Å². The summed E-state index contributed by atoms with van der Waals surface area (Å²) < 4.78 is 5.56. The van der Waals surface area contributed by atoms with E-state index in [-0.39, 0.29) is 5.97 Å². The van der Waals surface area contributed by atoms with E-state index < -0.39 is 0 Å². The van der Waals surface area contributed by atoms with Gasteiger partial charge >= 0.3 is 5.97 Å². The number of aryl methyl sites for hydroxylation is 1. The minimum absolute atomic E-state index is 0.207. The monoisotopic (exact) mass is 256 g/mol. The molecule has 2 atom stereocenters. The molecule has 100 valence electrons. The maximum absolute atomic E-state index is 11.4. The van der Waals surface area contributed by atoms with Crippen molar-refractivity contribution in [2.45, 2.75) is 40.0 Å². The second kappa shape index (κ2) is 4.22. The van der Waals surface area contributed by atoms with Crippen molar-refractivity contribution in [3.05, 3.63) is 41.2 Å². The number of fused-ring (bicyclic) bond motifs is 2. The van der Waals surface area contributed by atoms with E-state index in [0.717, 1.165) is 24.2 Å². The predicted molar refractivity (Wildman–Crippen MR) is 75.3 cm³/mol. The molecule has 0 aliphatic heterocycles. The number of benzene rings is 1. The maximum atomic E-state index is 11.4. The zero-order chi connectivity index (χ0) is 13.6. The molecular formula is C17H20O2. The number of carbonyl (C=O) groups excluding carboxylic acids is 1. The largest absolute Gasteiger partial charge is 0.431 e. The van der Waals surface area contributed by atoms with Gasteiger partial charge in [0.1, 0.15) is 5.76 Å². The summed E-state index contributed by atoms with van der Waals surface area (Å²) in [5, 5.41) is 0. The third-order valence-electron chi connectivity index (χ3n) is 4.68. The minimum atomic E-state index is -0.207. The number of hydrogen-bond donors (Lipinski definition) is 0. The van der Waals surface area contributed by atoms with Crippen molar-refractivity contribution < 1.29 is 9.53 Å². The lowest BCUT2D eigenvalue weighted by atomic mass is 9.87. The molecule has 2 aliphatic carbocycles. The number of hydrogen-bond acceptors (Lipinski definition) is 2. The summed E-state index contributed by atoms with van der Waals surface area (Å²) in [6.45, 7) is 5.88. The fraction of sp³-hybridized carbons (Fsp3) is 0.471. The van der Waals surface area contributed by atoms with Gasteiger partial charge in [-0.05, 0) is 48.3 Å². The molecule has 1 aromatic rings. The van der Waals surface area contributed by atoms with E-state index in [1.807, 2.05) is 0 Å². The summed E-state index contributed by atoms with van der Waals surface area (Å²) >= 11 is 0. The Morgan fingerprint density at radius 3 is 2.84 bits per heavy atom. The number of ether oxygens (including phenoxy) is 1. The molecule has 1 saturated carbocycles. The highest BCUT2D eigenvalue weighted by Crippen LogP contribution is 2.61. The van der Waals surface area contributed by atoms with Gasteiger partial charge in [-0.1, -0.05) is 31.2 Å². The van der Waals surface area contributed by atoms with Crippen molar-refractivity contribution in [2.24, 2.45) is 11.3 Å². The van der Waals surface area contributed by atoms with Crippen molar-refractivity contribution in [3.8, 4) is 0 Å². The van der Waals surface area contributed by atoms with Gasteiger partial charge in [0.05, 0.1) is 0 Å². The van der Waals surface area contributed by atoms with E-state index in [1.54, 1.807) is 0 Å². The van der Waals surface area contributed by atoms with Crippen LogP contribution in [0.5, 0.6) is 0 Å². The molecule has 1 aromatic carbocycles. The lowest BCUT2D eigenvalue weighted by Crippen LogP contribution is -2.12. The third-order valence-corrected chi connectivity index (χ3v) is 4.68. The molecule has 0 N–H and O–H groups in total. The van der Waals surface area contributed by atoms with Crippen LogP contribution in [0.4, 0.5) is 0 Å². The van der Waals surface area contributed by atoms with Crippen LogP contribution in [0, 0.1) is 11.3 Å². The van der Waals surface area contributed by atoms with Gasteiger partial charge in [-0.25, -0.2) is 0 Å². The molecule has 0 radical (unpaired) electrons. The Kier molecular flexibility index (Phi) is 2.77. The van der Waals surface area contributed by atoms with Gasteiger partial charge < -0.3 is 4.74 Å². The molecule has 2 unspecified atom stereocenters. The van der Waals surface area contributed by atoms with Crippen LogP contribution in [-0.4, -0.2) is 5.97 Å². The quantitative estimate of drug-likeness (QED) is 0.711. The first-order chi connectivity index (χ1) is 9.01. The van der Waals surface area contributed by atoms with Gasteiger partial charge in [-0.15, -0.1) is 0 Å². The zero-order valence-corrected chi connectivity index (χ0v) is 11.8. The summed E-state index contributed by atoms with van der Waals surface area (Å²) in [7, 11) is 0. The van der Waals surface area contributed by atoms with Crippen LogP contribution >= 0.6 is 0 Å². The zero-order valence-electron chi connectivity index (χ0n) is 11.8. The highest BCUT2D eigenvalue weighted by Gasteiger charge is 2.53. The van der Waals surface area contributed by atoms with E-state index in [9.17, 15) is 4.79 Å². The SMILES string of the molecule is CC(=O)O/C1=C(\C)c2ccccc2CCC2(C)CC12. The van der Waals surface area contributed by atoms with Gasteiger partial charge in [0, 0.05) is 12.8 Å². The average molecular weight is 256 g/mol. The van der Waals surface area contributed by atoms with Crippen LogP contribution in [0.2, 0.25) is 0 Å². The van der Waals surface area contributed by atoms with Crippen LogP contribution in [-0.2, 0) is 16.0 Å². The van der Waals surface area contributed by atoms with E-state index in [4.69, 9.17) is 4.74 Å². The Bertz CT molecular complexity index is 570. The average Bonchev–Trinajstić information content (AvgIpc) is 3.04. The van der Waals surface area contributed by atoms with Crippen molar-refractivity contribution in [2.75, 3.05) is 0 Å². The number of rotatable bonds is 1. The molecule has 0 bridgehead atoms. The van der Waals surface area contributed by atoms with Crippen molar-refractivity contribution in [1.82, 2.24) is 0 Å². The van der Waals surface area contributed by atoms with Crippen molar-refractivity contribution in [1.29, 1.82) is 0 Å². The Morgan fingerprint density at radius 1 is 1.37 bits per heavy atom. The van der Waals surface area contributed by atoms with Crippen LogP contribution in [0.25, 0.3) is 5.57 Å². The Hall–Kier alpha value is -1.57. The van der Waals surface area contributed by atoms with Crippen molar-refractivity contribution in [3.63, 3.8) is 0 Å². The Labute approximate surface area is 114 Å². The highest BCUT2D eigenvalue weighted by molar-refractivity contribution is 5.74. The molecule has 0 heterocycles. The smallest absolute Gasteiger partial charge is 0.307 e. The Balaban J connectivity index is 2.11. The molecule has 0 spiro atoms. The molecule has 0 amide bonds. The molecule has 1 fully saturated rings. The summed E-state index contributed by atoms with van der Waals surface area (Å²) in [4.78, 5) is 11.4. The second-order valence-corrected chi connectivity index (χ2v) is 6.15. The van der Waals surface area contributed by atoms with Gasteiger partial charge in [0.15, 0.2) is 0 Å². The number of carbonyl (C=O) groups is 1. The van der Waals surface area contributed by atoms with Gasteiger partial charge in [0.2, 0.25) is 0 Å². The summed E-state index contributed by atoms with van der Waals surface area (Å²) in [5.74, 6) is 1.12. The van der Waals surface area contributed by atoms with Crippen LogP contribution < -0.4 is 0 Å². The molecular weight excluding hydrogens is 236 g/mol. The van der Waals surface area contributed by atoms with E-state index >= 15 is 0 Å². The van der Waals surface area contributed by atoms with Crippen LogP contribution in [0.15, 0.2) is 30.0 Å². The molecule has 2 nitrogen and oxygen atoms in total. The fourth-order valence-electron chi connectivity index (χ4n) is 3.31.